The molecule has 0 aliphatic rings. The number of hydrogen-bond donors (Lipinski definition) is 3. The molecule has 0 bridgehead atoms. The highest BCUT2D eigenvalue weighted by Crippen LogP contribution is 2.26. The second-order valence-corrected chi connectivity index (χ2v) is 8.82. The molecule has 2 aromatic heterocycles. The molecule has 0 spiro atoms. The highest BCUT2D eigenvalue weighted by atomic mass is 16.3. The Kier molecular flexibility index (Phi) is 7.62. The van der Waals surface area contributed by atoms with Crippen LogP contribution in [0.1, 0.15) is 46.9 Å². The summed E-state index contributed by atoms with van der Waals surface area (Å²) in [5, 5.41) is 14.0. The number of carbonyl (C=O) groups is 2. The number of carbonyl (C=O) groups excluding carboxylic acids is 2. The van der Waals surface area contributed by atoms with Gasteiger partial charge in [-0.3, -0.25) is 9.59 Å². The molecule has 1 atom stereocenters. The number of hydrogen-bond acceptors (Lipinski definition) is 4. The standard InChI is InChI=1S/C27H31N5O3/c1-19-15-31(13-12-22(17-33)32-16-24(27(28)35)29-18-32)25-14-21(10-11-23(19)25)30-26(34)9-5-8-20-6-3-2-4-7-20/h2-4,6-7,10-11,14-16,18,22,33H,5,8-9,12-13,17H2,1H3,(H2,28,35)(H,30,34)/t22-/m1/s1. The summed E-state index contributed by atoms with van der Waals surface area (Å²) in [6.45, 7) is 2.62. The average Bonchev–Trinajstić information content (AvgIpc) is 3.46. The molecule has 35 heavy (non-hydrogen) atoms. The zero-order valence-electron chi connectivity index (χ0n) is 19.9. The Morgan fingerprint density at radius 1 is 1.14 bits per heavy atom. The maximum Gasteiger partial charge on any atom is 0.268 e. The van der Waals surface area contributed by atoms with E-state index in [4.69, 9.17) is 5.73 Å². The van der Waals surface area contributed by atoms with Gasteiger partial charge in [-0.2, -0.15) is 0 Å². The van der Waals surface area contributed by atoms with Gasteiger partial charge < -0.3 is 25.3 Å². The largest absolute Gasteiger partial charge is 0.394 e. The van der Waals surface area contributed by atoms with E-state index < -0.39 is 5.91 Å². The molecule has 0 unspecified atom stereocenters. The van der Waals surface area contributed by atoms with Gasteiger partial charge in [-0.25, -0.2) is 4.98 Å². The van der Waals surface area contributed by atoms with Gasteiger partial charge in [0.15, 0.2) is 0 Å². The summed E-state index contributed by atoms with van der Waals surface area (Å²) in [5.41, 5.74) is 9.62. The number of rotatable bonds is 11. The van der Waals surface area contributed by atoms with Crippen LogP contribution in [0.5, 0.6) is 0 Å². The Bertz CT molecular complexity index is 1310. The monoisotopic (exact) mass is 473 g/mol. The number of aromatic nitrogens is 3. The molecule has 4 rings (SSSR count). The van der Waals surface area contributed by atoms with Crippen molar-refractivity contribution < 1.29 is 14.7 Å². The van der Waals surface area contributed by atoms with E-state index in [1.165, 1.54) is 11.9 Å². The normalized spacial score (nSPS) is 12.1. The third kappa shape index (κ3) is 5.96. The zero-order chi connectivity index (χ0) is 24.8. The quantitative estimate of drug-likeness (QED) is 0.307. The van der Waals surface area contributed by atoms with Crippen LogP contribution in [0.25, 0.3) is 10.9 Å². The van der Waals surface area contributed by atoms with E-state index in [0.717, 1.165) is 35.0 Å². The summed E-state index contributed by atoms with van der Waals surface area (Å²) in [6, 6.07) is 15.9. The molecule has 182 valence electrons. The van der Waals surface area contributed by atoms with Gasteiger partial charge in [0, 0.05) is 36.4 Å². The summed E-state index contributed by atoms with van der Waals surface area (Å²) < 4.78 is 3.85. The van der Waals surface area contributed by atoms with Crippen LogP contribution in [0.15, 0.2) is 67.3 Å². The third-order valence-electron chi connectivity index (χ3n) is 6.27. The molecule has 0 radical (unpaired) electrons. The van der Waals surface area contributed by atoms with Gasteiger partial charge in [-0.05, 0) is 49.4 Å². The fraction of sp³-hybridized carbons (Fsp3) is 0.296. The number of aliphatic hydroxyl groups is 1. The topological polar surface area (TPSA) is 115 Å². The number of amides is 2. The summed E-state index contributed by atoms with van der Waals surface area (Å²) in [6.07, 6.45) is 7.92. The van der Waals surface area contributed by atoms with E-state index in [1.54, 1.807) is 10.8 Å². The van der Waals surface area contributed by atoms with Crippen LogP contribution in [0.2, 0.25) is 0 Å². The Labute approximate surface area is 204 Å². The Morgan fingerprint density at radius 2 is 1.94 bits per heavy atom. The molecule has 4 N–H and O–H groups in total. The minimum atomic E-state index is -0.595. The lowest BCUT2D eigenvalue weighted by molar-refractivity contribution is -0.116. The molecule has 8 nitrogen and oxygen atoms in total. The molecule has 0 saturated heterocycles. The first-order valence-electron chi connectivity index (χ1n) is 11.8. The van der Waals surface area contributed by atoms with Crippen molar-refractivity contribution in [2.24, 2.45) is 5.73 Å². The SMILES string of the molecule is Cc1cn(CC[C@H](CO)n2cnc(C(N)=O)c2)c2cc(NC(=O)CCCc3ccccc3)ccc12. The second-order valence-electron chi connectivity index (χ2n) is 8.82. The number of fused-ring (bicyclic) bond motifs is 1. The van der Waals surface area contributed by atoms with Crippen LogP contribution < -0.4 is 11.1 Å². The number of aryl methyl sites for hydroxylation is 3. The van der Waals surface area contributed by atoms with E-state index >= 15 is 0 Å². The molecule has 0 fully saturated rings. The van der Waals surface area contributed by atoms with E-state index in [9.17, 15) is 14.7 Å². The molecular formula is C27H31N5O3. The number of nitrogens with zero attached hydrogens (tertiary/aromatic N) is 3. The smallest absolute Gasteiger partial charge is 0.268 e. The highest BCUT2D eigenvalue weighted by Gasteiger charge is 2.15. The Hall–Kier alpha value is -3.91. The Balaban J connectivity index is 1.40. The van der Waals surface area contributed by atoms with Crippen LogP contribution in [0.3, 0.4) is 0 Å². The lowest BCUT2D eigenvalue weighted by atomic mass is 10.1. The highest BCUT2D eigenvalue weighted by molar-refractivity contribution is 5.94. The summed E-state index contributed by atoms with van der Waals surface area (Å²) >= 11 is 0. The number of imidazole rings is 1. The number of primary amides is 1. The van der Waals surface area contributed by atoms with Crippen molar-refractivity contribution in [3.05, 3.63) is 84.1 Å². The number of nitrogens with one attached hydrogen (secondary N) is 1. The van der Waals surface area contributed by atoms with E-state index in [-0.39, 0.29) is 24.2 Å². The van der Waals surface area contributed by atoms with Crippen molar-refractivity contribution in [3.8, 4) is 0 Å². The van der Waals surface area contributed by atoms with Crippen LogP contribution in [0.4, 0.5) is 5.69 Å². The van der Waals surface area contributed by atoms with E-state index in [1.807, 2.05) is 36.4 Å². The number of aliphatic hydroxyl groups excluding tert-OH is 1. The minimum Gasteiger partial charge on any atom is -0.394 e. The van der Waals surface area contributed by atoms with Crippen molar-refractivity contribution in [3.63, 3.8) is 0 Å². The van der Waals surface area contributed by atoms with Gasteiger partial charge in [0.25, 0.3) is 5.91 Å². The van der Waals surface area contributed by atoms with Crippen molar-refractivity contribution in [1.29, 1.82) is 0 Å². The van der Waals surface area contributed by atoms with Gasteiger partial charge in [-0.15, -0.1) is 0 Å². The molecular weight excluding hydrogens is 442 g/mol. The van der Waals surface area contributed by atoms with Gasteiger partial charge in [-0.1, -0.05) is 36.4 Å². The van der Waals surface area contributed by atoms with Crippen molar-refractivity contribution in [2.45, 2.75) is 45.2 Å². The first-order valence-corrected chi connectivity index (χ1v) is 11.8. The van der Waals surface area contributed by atoms with Crippen LogP contribution >= 0.6 is 0 Å². The van der Waals surface area contributed by atoms with Gasteiger partial charge >= 0.3 is 0 Å². The first-order chi connectivity index (χ1) is 16.9. The molecule has 8 heteroatoms. The Morgan fingerprint density at radius 3 is 2.66 bits per heavy atom. The molecule has 2 heterocycles. The first kappa shape index (κ1) is 24.2. The second kappa shape index (κ2) is 11.0. The summed E-state index contributed by atoms with van der Waals surface area (Å²) in [5.74, 6) is -0.595. The molecule has 0 aliphatic heterocycles. The van der Waals surface area contributed by atoms with E-state index in [2.05, 4.69) is 40.1 Å². The van der Waals surface area contributed by atoms with Gasteiger partial charge in [0.05, 0.1) is 24.5 Å². The van der Waals surface area contributed by atoms with Gasteiger partial charge in [0.1, 0.15) is 5.69 Å². The lowest BCUT2D eigenvalue weighted by Gasteiger charge is -2.16. The molecule has 2 aromatic carbocycles. The summed E-state index contributed by atoms with van der Waals surface area (Å²) in [7, 11) is 0. The molecule has 2 amide bonds. The molecule has 0 aliphatic carbocycles. The average molecular weight is 474 g/mol. The van der Waals surface area contributed by atoms with E-state index in [0.29, 0.717) is 19.4 Å². The van der Waals surface area contributed by atoms with Gasteiger partial charge in [0.2, 0.25) is 5.91 Å². The fourth-order valence-electron chi connectivity index (χ4n) is 4.35. The van der Waals surface area contributed by atoms with Crippen LogP contribution in [-0.4, -0.2) is 37.6 Å². The maximum absolute atomic E-state index is 12.5. The van der Waals surface area contributed by atoms with Crippen LogP contribution in [-0.2, 0) is 17.8 Å². The molecule has 0 saturated carbocycles. The van der Waals surface area contributed by atoms with Crippen molar-refractivity contribution in [2.75, 3.05) is 11.9 Å². The minimum absolute atomic E-state index is 0.000756. The number of benzene rings is 2. The van der Waals surface area contributed by atoms with Crippen LogP contribution in [0, 0.1) is 6.92 Å². The molecule has 4 aromatic rings. The predicted octanol–water partition coefficient (Wildman–Crippen LogP) is 3.83. The fourth-order valence-corrected chi connectivity index (χ4v) is 4.35. The zero-order valence-corrected chi connectivity index (χ0v) is 19.9. The van der Waals surface area contributed by atoms with Crippen molar-refractivity contribution in [1.82, 2.24) is 14.1 Å². The van der Waals surface area contributed by atoms with Crippen molar-refractivity contribution >= 4 is 28.4 Å². The number of nitrogens with two attached hydrogens (primary N) is 1. The number of anilines is 1. The summed E-state index contributed by atoms with van der Waals surface area (Å²) in [4.78, 5) is 27.8. The maximum atomic E-state index is 12.5. The predicted molar refractivity (Wildman–Crippen MR) is 136 cm³/mol. The third-order valence-corrected chi connectivity index (χ3v) is 6.27. The lowest BCUT2D eigenvalue weighted by Crippen LogP contribution is -2.15.